The second kappa shape index (κ2) is 6.66. The van der Waals surface area contributed by atoms with Crippen molar-refractivity contribution in [1.29, 1.82) is 0 Å². The molecule has 100 valence electrons. The molecule has 17 heavy (non-hydrogen) atoms. The number of nitrogens with zero attached hydrogens (tertiary/aromatic N) is 2. The lowest BCUT2D eigenvalue weighted by molar-refractivity contribution is -0.0423. The van der Waals surface area contributed by atoms with Crippen LogP contribution in [-0.2, 0) is 9.47 Å². The summed E-state index contributed by atoms with van der Waals surface area (Å²) < 4.78 is 11.0. The molecule has 2 aliphatic rings. The van der Waals surface area contributed by atoms with Gasteiger partial charge in [0, 0.05) is 45.3 Å². The monoisotopic (exact) mass is 243 g/mol. The van der Waals surface area contributed by atoms with Gasteiger partial charge in [-0.15, -0.1) is 0 Å². The van der Waals surface area contributed by atoms with Gasteiger partial charge in [0.25, 0.3) is 0 Å². The van der Waals surface area contributed by atoms with E-state index in [1.807, 2.05) is 6.92 Å². The zero-order valence-corrected chi connectivity index (χ0v) is 10.8. The van der Waals surface area contributed by atoms with Crippen molar-refractivity contribution >= 4 is 0 Å². The van der Waals surface area contributed by atoms with Gasteiger partial charge in [-0.25, -0.2) is 0 Å². The first-order chi connectivity index (χ1) is 8.25. The van der Waals surface area contributed by atoms with Crippen LogP contribution in [0.3, 0.4) is 0 Å². The van der Waals surface area contributed by atoms with Crippen molar-refractivity contribution in [3.05, 3.63) is 0 Å². The lowest BCUT2D eigenvalue weighted by Gasteiger charge is -2.36. The highest BCUT2D eigenvalue weighted by Crippen LogP contribution is 2.08. The number of nitrogens with two attached hydrogens (primary N) is 1. The lowest BCUT2D eigenvalue weighted by atomic mass is 10.1. The van der Waals surface area contributed by atoms with Gasteiger partial charge in [0.15, 0.2) is 0 Å². The average Bonchev–Trinajstić information content (AvgIpc) is 2.38. The van der Waals surface area contributed by atoms with Crippen molar-refractivity contribution in [3.63, 3.8) is 0 Å². The van der Waals surface area contributed by atoms with Gasteiger partial charge in [0.1, 0.15) is 0 Å². The molecule has 2 saturated heterocycles. The summed E-state index contributed by atoms with van der Waals surface area (Å²) in [4.78, 5) is 4.94. The van der Waals surface area contributed by atoms with Crippen LogP contribution in [0.5, 0.6) is 0 Å². The maximum absolute atomic E-state index is 5.89. The van der Waals surface area contributed by atoms with Crippen molar-refractivity contribution < 1.29 is 9.47 Å². The Kier molecular flexibility index (Phi) is 5.18. The molecule has 0 aromatic rings. The minimum Gasteiger partial charge on any atom is -0.379 e. The van der Waals surface area contributed by atoms with Crippen LogP contribution >= 0.6 is 0 Å². The van der Waals surface area contributed by atoms with Crippen molar-refractivity contribution in [2.45, 2.75) is 19.1 Å². The Bertz CT molecular complexity index is 220. The van der Waals surface area contributed by atoms with Crippen LogP contribution in [0.15, 0.2) is 0 Å². The zero-order valence-electron chi connectivity index (χ0n) is 10.8. The van der Waals surface area contributed by atoms with Gasteiger partial charge in [0.2, 0.25) is 0 Å². The molecule has 0 aliphatic carbocycles. The van der Waals surface area contributed by atoms with Crippen LogP contribution in [0.4, 0.5) is 0 Å². The number of hydrogen-bond acceptors (Lipinski definition) is 5. The molecule has 0 spiro atoms. The molecule has 0 amide bonds. The fourth-order valence-corrected chi connectivity index (χ4v) is 2.36. The molecule has 2 aliphatic heterocycles. The molecule has 0 aromatic heterocycles. The summed E-state index contributed by atoms with van der Waals surface area (Å²) in [5.41, 5.74) is 5.89. The van der Waals surface area contributed by atoms with Crippen LogP contribution in [0.2, 0.25) is 0 Å². The number of hydrogen-bond donors (Lipinski definition) is 1. The molecular weight excluding hydrogens is 218 g/mol. The zero-order chi connectivity index (χ0) is 12.1. The van der Waals surface area contributed by atoms with Crippen molar-refractivity contribution in [2.75, 3.05) is 59.1 Å². The highest BCUT2D eigenvalue weighted by Gasteiger charge is 2.23. The van der Waals surface area contributed by atoms with E-state index in [1.54, 1.807) is 0 Å². The van der Waals surface area contributed by atoms with E-state index < -0.39 is 0 Å². The first kappa shape index (κ1) is 13.2. The first-order valence-corrected chi connectivity index (χ1v) is 6.65. The third-order valence-electron chi connectivity index (χ3n) is 3.60. The molecule has 2 atom stereocenters. The van der Waals surface area contributed by atoms with Gasteiger partial charge < -0.3 is 15.2 Å². The molecule has 0 bridgehead atoms. The Hall–Kier alpha value is -0.200. The number of rotatable bonds is 4. The predicted octanol–water partition coefficient (Wildman–Crippen LogP) is -0.633. The minimum absolute atomic E-state index is 0.126. The SMILES string of the molecule is CC(N)C1CN(CCN2CCOCC2)CCO1. The van der Waals surface area contributed by atoms with Crippen LogP contribution in [0, 0.1) is 0 Å². The molecule has 2 N–H and O–H groups in total. The molecule has 5 heteroatoms. The van der Waals surface area contributed by atoms with Gasteiger partial charge in [-0.05, 0) is 6.92 Å². The second-order valence-corrected chi connectivity index (χ2v) is 5.02. The van der Waals surface area contributed by atoms with Crippen LogP contribution in [-0.4, -0.2) is 81.0 Å². The quantitative estimate of drug-likeness (QED) is 0.712. The molecule has 0 aromatic carbocycles. The first-order valence-electron chi connectivity index (χ1n) is 6.65. The maximum Gasteiger partial charge on any atom is 0.0850 e. The van der Waals surface area contributed by atoms with E-state index in [9.17, 15) is 0 Å². The number of ether oxygens (including phenoxy) is 2. The van der Waals surface area contributed by atoms with Crippen LogP contribution < -0.4 is 5.73 Å². The topological polar surface area (TPSA) is 51.0 Å². The van der Waals surface area contributed by atoms with E-state index in [-0.39, 0.29) is 12.1 Å². The van der Waals surface area contributed by atoms with Gasteiger partial charge in [-0.3, -0.25) is 9.80 Å². The molecule has 5 nitrogen and oxygen atoms in total. The van der Waals surface area contributed by atoms with Gasteiger partial charge in [-0.1, -0.05) is 0 Å². The summed E-state index contributed by atoms with van der Waals surface area (Å²) in [6.45, 7) is 11.0. The Morgan fingerprint density at radius 3 is 2.47 bits per heavy atom. The highest BCUT2D eigenvalue weighted by atomic mass is 16.5. The lowest BCUT2D eigenvalue weighted by Crippen LogP contribution is -2.51. The number of morpholine rings is 2. The van der Waals surface area contributed by atoms with E-state index in [0.717, 1.165) is 59.1 Å². The summed E-state index contributed by atoms with van der Waals surface area (Å²) >= 11 is 0. The minimum atomic E-state index is 0.126. The van der Waals surface area contributed by atoms with Gasteiger partial charge >= 0.3 is 0 Å². The summed E-state index contributed by atoms with van der Waals surface area (Å²) in [5, 5.41) is 0. The van der Waals surface area contributed by atoms with E-state index >= 15 is 0 Å². The Morgan fingerprint density at radius 1 is 1.12 bits per heavy atom. The largest absolute Gasteiger partial charge is 0.379 e. The Balaban J connectivity index is 1.67. The summed E-state index contributed by atoms with van der Waals surface area (Å²) in [6.07, 6.45) is 0.202. The predicted molar refractivity (Wildman–Crippen MR) is 67.1 cm³/mol. The third kappa shape index (κ3) is 4.19. The Morgan fingerprint density at radius 2 is 1.76 bits per heavy atom. The fourth-order valence-electron chi connectivity index (χ4n) is 2.36. The van der Waals surface area contributed by atoms with E-state index in [4.69, 9.17) is 15.2 Å². The molecule has 2 rings (SSSR count). The summed E-state index contributed by atoms with van der Waals surface area (Å²) in [5.74, 6) is 0. The molecule has 0 saturated carbocycles. The molecule has 2 heterocycles. The Labute approximate surface area is 104 Å². The molecule has 0 radical (unpaired) electrons. The van der Waals surface area contributed by atoms with Crippen LogP contribution in [0.25, 0.3) is 0 Å². The van der Waals surface area contributed by atoms with E-state index in [1.165, 1.54) is 0 Å². The van der Waals surface area contributed by atoms with Crippen molar-refractivity contribution in [1.82, 2.24) is 9.80 Å². The summed E-state index contributed by atoms with van der Waals surface area (Å²) in [7, 11) is 0. The van der Waals surface area contributed by atoms with Gasteiger partial charge in [0.05, 0.1) is 25.9 Å². The summed E-state index contributed by atoms with van der Waals surface area (Å²) in [6, 6.07) is 0.126. The second-order valence-electron chi connectivity index (χ2n) is 5.02. The van der Waals surface area contributed by atoms with Crippen molar-refractivity contribution in [3.8, 4) is 0 Å². The maximum atomic E-state index is 5.89. The van der Waals surface area contributed by atoms with Crippen LogP contribution in [0.1, 0.15) is 6.92 Å². The van der Waals surface area contributed by atoms with Gasteiger partial charge in [-0.2, -0.15) is 0 Å². The molecular formula is C12H25N3O2. The smallest absolute Gasteiger partial charge is 0.0850 e. The average molecular weight is 243 g/mol. The fraction of sp³-hybridized carbons (Fsp3) is 1.00. The standard InChI is InChI=1S/C12H25N3O2/c1-11(13)12-10-15(6-9-17-12)3-2-14-4-7-16-8-5-14/h11-12H,2-10,13H2,1H3. The molecule has 2 fully saturated rings. The normalized spacial score (nSPS) is 30.4. The van der Waals surface area contributed by atoms with E-state index in [2.05, 4.69) is 9.80 Å². The van der Waals surface area contributed by atoms with E-state index in [0.29, 0.717) is 0 Å². The molecule has 2 unspecified atom stereocenters. The third-order valence-corrected chi connectivity index (χ3v) is 3.60. The van der Waals surface area contributed by atoms with Crippen molar-refractivity contribution in [2.24, 2.45) is 5.73 Å². The highest BCUT2D eigenvalue weighted by molar-refractivity contribution is 4.78.